The molecule has 3 aliphatic rings. The maximum Gasteiger partial charge on any atom is 0.262 e. The fraction of sp³-hybridized carbons (Fsp3) is 0.483. The Balaban J connectivity index is 1.39. The minimum Gasteiger partial charge on any atom is -0.496 e. The van der Waals surface area contributed by atoms with Crippen LogP contribution in [-0.4, -0.2) is 85.4 Å². The molecule has 0 N–H and O–H groups in total. The van der Waals surface area contributed by atoms with E-state index in [9.17, 15) is 14.0 Å². The van der Waals surface area contributed by atoms with E-state index in [1.165, 1.54) is 17.1 Å². The molecule has 1 saturated carbocycles. The number of hydrogen-bond donors (Lipinski definition) is 0. The first-order chi connectivity index (χ1) is 18.5. The number of para-hydroxylation sites is 1. The molecule has 1 saturated heterocycles. The number of carbonyl (C=O) groups is 2. The molecule has 0 aromatic heterocycles. The van der Waals surface area contributed by atoms with Crippen LogP contribution in [0, 0.1) is 11.7 Å². The molecule has 0 radical (unpaired) electrons. The number of morpholine rings is 1. The van der Waals surface area contributed by atoms with Crippen molar-refractivity contribution in [1.82, 2.24) is 14.8 Å². The zero-order chi connectivity index (χ0) is 26.5. The molecule has 1 aliphatic carbocycles. The number of amides is 2. The van der Waals surface area contributed by atoms with Crippen LogP contribution < -0.4 is 4.74 Å². The van der Waals surface area contributed by atoms with E-state index in [4.69, 9.17) is 14.6 Å². The van der Waals surface area contributed by atoms with Crippen molar-refractivity contribution < 1.29 is 23.5 Å². The first-order valence-corrected chi connectivity index (χ1v) is 13.4. The van der Waals surface area contributed by atoms with E-state index in [-0.39, 0.29) is 30.1 Å². The normalized spacial score (nSPS) is 20.1. The minimum absolute atomic E-state index is 0.00522. The average Bonchev–Trinajstić information content (AvgIpc) is 3.36. The summed E-state index contributed by atoms with van der Waals surface area (Å²) in [5, 5.41) is 6.21. The standard InChI is InChI=1S/C29H35FN4O4/c1-37-27-8-3-2-7-24(27)26-19-25(21-9-11-23(30)12-10-21)31-34(26)28(35)20-33(29(36)22-5-4-6-22)14-13-32-15-17-38-18-16-32/h2-3,7-12,22,26H,4-6,13-20H2,1H3/t26-/m0/s1. The van der Waals surface area contributed by atoms with Gasteiger partial charge in [-0.2, -0.15) is 5.10 Å². The third-order valence-corrected chi connectivity index (χ3v) is 7.72. The summed E-state index contributed by atoms with van der Waals surface area (Å²) in [5.41, 5.74) is 2.30. The Bertz CT molecular complexity index is 1160. The molecule has 0 unspecified atom stereocenters. The first kappa shape index (κ1) is 26.3. The van der Waals surface area contributed by atoms with Crippen LogP contribution in [0.4, 0.5) is 4.39 Å². The van der Waals surface area contributed by atoms with Crippen LogP contribution in [0.15, 0.2) is 53.6 Å². The second-order valence-corrected chi connectivity index (χ2v) is 10.1. The van der Waals surface area contributed by atoms with Crippen LogP contribution in [0.2, 0.25) is 0 Å². The fourth-order valence-corrected chi connectivity index (χ4v) is 5.24. The zero-order valence-corrected chi connectivity index (χ0v) is 21.9. The van der Waals surface area contributed by atoms with Crippen molar-refractivity contribution in [2.75, 3.05) is 53.0 Å². The number of carbonyl (C=O) groups excluding carboxylic acids is 2. The maximum atomic E-state index is 13.8. The Morgan fingerprint density at radius 2 is 1.84 bits per heavy atom. The SMILES string of the molecule is COc1ccccc1[C@@H]1CC(c2ccc(F)cc2)=NN1C(=O)CN(CCN1CCOCC1)C(=O)C1CCC1. The number of ether oxygens (including phenoxy) is 2. The smallest absolute Gasteiger partial charge is 0.262 e. The molecule has 2 amide bonds. The molecule has 2 fully saturated rings. The van der Waals surface area contributed by atoms with Crippen LogP contribution in [0.25, 0.3) is 0 Å². The molecule has 0 bridgehead atoms. The highest BCUT2D eigenvalue weighted by Crippen LogP contribution is 2.37. The lowest BCUT2D eigenvalue weighted by molar-refractivity contribution is -0.145. The van der Waals surface area contributed by atoms with Crippen LogP contribution in [0.1, 0.15) is 42.9 Å². The van der Waals surface area contributed by atoms with Gasteiger partial charge in [0.05, 0.1) is 32.1 Å². The maximum absolute atomic E-state index is 13.8. The van der Waals surface area contributed by atoms with E-state index >= 15 is 0 Å². The molecule has 0 spiro atoms. The van der Waals surface area contributed by atoms with Gasteiger partial charge >= 0.3 is 0 Å². The largest absolute Gasteiger partial charge is 0.496 e. The van der Waals surface area contributed by atoms with Crippen molar-refractivity contribution >= 4 is 17.5 Å². The number of halogens is 1. The van der Waals surface area contributed by atoms with Crippen molar-refractivity contribution in [3.05, 3.63) is 65.5 Å². The van der Waals surface area contributed by atoms with Crippen molar-refractivity contribution in [1.29, 1.82) is 0 Å². The molecule has 8 nitrogen and oxygen atoms in total. The van der Waals surface area contributed by atoms with Gasteiger partial charge in [0.25, 0.3) is 5.91 Å². The van der Waals surface area contributed by atoms with Gasteiger partial charge in [-0.3, -0.25) is 14.5 Å². The number of benzene rings is 2. The molecule has 2 aromatic rings. The summed E-state index contributed by atoms with van der Waals surface area (Å²) in [6, 6.07) is 13.3. The number of methoxy groups -OCH3 is 1. The fourth-order valence-electron chi connectivity index (χ4n) is 5.24. The molecule has 1 atom stereocenters. The highest BCUT2D eigenvalue weighted by atomic mass is 19.1. The summed E-state index contributed by atoms with van der Waals surface area (Å²) < 4.78 is 24.6. The van der Waals surface area contributed by atoms with Crippen molar-refractivity contribution in [3.63, 3.8) is 0 Å². The zero-order valence-electron chi connectivity index (χ0n) is 21.9. The lowest BCUT2D eigenvalue weighted by atomic mass is 9.84. The summed E-state index contributed by atoms with van der Waals surface area (Å²) in [5.74, 6) is 0.142. The van der Waals surface area contributed by atoms with Gasteiger partial charge in [-0.05, 0) is 36.6 Å². The summed E-state index contributed by atoms with van der Waals surface area (Å²) in [7, 11) is 1.60. The van der Waals surface area contributed by atoms with E-state index in [2.05, 4.69) is 4.90 Å². The average molecular weight is 523 g/mol. The van der Waals surface area contributed by atoms with Gasteiger partial charge in [0.1, 0.15) is 18.1 Å². The molecular weight excluding hydrogens is 487 g/mol. The predicted octanol–water partition coefficient (Wildman–Crippen LogP) is 3.47. The monoisotopic (exact) mass is 522 g/mol. The third-order valence-electron chi connectivity index (χ3n) is 7.72. The molecule has 202 valence electrons. The topological polar surface area (TPSA) is 74.7 Å². The summed E-state index contributed by atoms with van der Waals surface area (Å²) in [6.45, 7) is 4.18. The van der Waals surface area contributed by atoms with Crippen molar-refractivity contribution in [3.8, 4) is 5.75 Å². The van der Waals surface area contributed by atoms with Gasteiger partial charge < -0.3 is 14.4 Å². The van der Waals surface area contributed by atoms with Gasteiger partial charge in [-0.1, -0.05) is 36.8 Å². The summed E-state index contributed by atoms with van der Waals surface area (Å²) in [4.78, 5) is 31.2. The van der Waals surface area contributed by atoms with Gasteiger partial charge in [-0.25, -0.2) is 9.40 Å². The Hall–Kier alpha value is -3.30. The first-order valence-electron chi connectivity index (χ1n) is 13.4. The number of rotatable bonds is 9. The molecule has 2 heterocycles. The lowest BCUT2D eigenvalue weighted by Crippen LogP contribution is -2.49. The van der Waals surface area contributed by atoms with E-state index in [0.717, 1.165) is 43.5 Å². The third kappa shape index (κ3) is 5.89. The summed E-state index contributed by atoms with van der Waals surface area (Å²) in [6.07, 6.45) is 3.26. The molecule has 5 rings (SSSR count). The van der Waals surface area contributed by atoms with Crippen molar-refractivity contribution in [2.24, 2.45) is 11.0 Å². The molecule has 38 heavy (non-hydrogen) atoms. The highest BCUT2D eigenvalue weighted by Gasteiger charge is 2.37. The van der Waals surface area contributed by atoms with Gasteiger partial charge in [0, 0.05) is 44.1 Å². The lowest BCUT2D eigenvalue weighted by Gasteiger charge is -2.34. The van der Waals surface area contributed by atoms with Gasteiger partial charge in [0.15, 0.2) is 0 Å². The highest BCUT2D eigenvalue weighted by molar-refractivity contribution is 6.03. The Labute approximate surface area is 223 Å². The van der Waals surface area contributed by atoms with E-state index in [0.29, 0.717) is 44.2 Å². The molecule has 2 aromatic carbocycles. The Morgan fingerprint density at radius 3 is 2.53 bits per heavy atom. The second kappa shape index (κ2) is 12.0. The molecule has 9 heteroatoms. The van der Waals surface area contributed by atoms with E-state index < -0.39 is 6.04 Å². The van der Waals surface area contributed by atoms with Crippen LogP contribution >= 0.6 is 0 Å². The number of nitrogens with zero attached hydrogens (tertiary/aromatic N) is 4. The van der Waals surface area contributed by atoms with Crippen LogP contribution in [-0.2, 0) is 14.3 Å². The van der Waals surface area contributed by atoms with Gasteiger partial charge in [-0.15, -0.1) is 0 Å². The van der Waals surface area contributed by atoms with Crippen molar-refractivity contribution in [2.45, 2.75) is 31.7 Å². The summed E-state index contributed by atoms with van der Waals surface area (Å²) >= 11 is 0. The molecule has 2 aliphatic heterocycles. The second-order valence-electron chi connectivity index (χ2n) is 10.1. The quantitative estimate of drug-likeness (QED) is 0.504. The Morgan fingerprint density at radius 1 is 1.11 bits per heavy atom. The number of hydrazone groups is 1. The predicted molar refractivity (Wildman–Crippen MR) is 141 cm³/mol. The van der Waals surface area contributed by atoms with Crippen LogP contribution in [0.3, 0.4) is 0 Å². The number of hydrogen-bond acceptors (Lipinski definition) is 6. The van der Waals surface area contributed by atoms with E-state index in [1.54, 1.807) is 24.1 Å². The van der Waals surface area contributed by atoms with E-state index in [1.807, 2.05) is 24.3 Å². The Kier molecular flexibility index (Phi) is 8.34. The van der Waals surface area contributed by atoms with Gasteiger partial charge in [0.2, 0.25) is 5.91 Å². The molecular formula is C29H35FN4O4. The minimum atomic E-state index is -0.390. The van der Waals surface area contributed by atoms with Crippen LogP contribution in [0.5, 0.6) is 5.75 Å².